The van der Waals surface area contributed by atoms with E-state index in [1.54, 1.807) is 0 Å². The first-order chi connectivity index (χ1) is 20.3. The molecule has 0 aliphatic heterocycles. The average Bonchev–Trinajstić information content (AvgIpc) is 3.00. The number of hydrogen-bond acceptors (Lipinski definition) is 0. The van der Waals surface area contributed by atoms with Crippen LogP contribution in [0.1, 0.15) is 33.4 Å². The second kappa shape index (κ2) is 14.8. The summed E-state index contributed by atoms with van der Waals surface area (Å²) < 4.78 is 0. The fourth-order valence-corrected chi connectivity index (χ4v) is 4.89. The molecule has 42 heavy (non-hydrogen) atoms. The van der Waals surface area contributed by atoms with Gasteiger partial charge in [-0.25, -0.2) is 0 Å². The quantitative estimate of drug-likeness (QED) is 0.207. The van der Waals surface area contributed by atoms with Crippen molar-refractivity contribution in [1.82, 2.24) is 0 Å². The summed E-state index contributed by atoms with van der Waals surface area (Å²) in [5.41, 5.74) is 15.8. The van der Waals surface area contributed by atoms with E-state index in [1.807, 2.05) is 0 Å². The molecule has 0 heteroatoms. The van der Waals surface area contributed by atoms with Crippen LogP contribution in [0, 0.1) is 41.5 Å². The molecule has 0 heterocycles. The summed E-state index contributed by atoms with van der Waals surface area (Å²) in [7, 11) is 0. The number of benzene rings is 6. The van der Waals surface area contributed by atoms with Crippen molar-refractivity contribution in [3.8, 4) is 33.4 Å². The van der Waals surface area contributed by atoms with Crippen molar-refractivity contribution in [3.05, 3.63) is 179 Å². The van der Waals surface area contributed by atoms with Gasteiger partial charge >= 0.3 is 0 Å². The van der Waals surface area contributed by atoms with Crippen LogP contribution >= 0.6 is 0 Å². The van der Waals surface area contributed by atoms with Gasteiger partial charge in [0.05, 0.1) is 0 Å². The van der Waals surface area contributed by atoms with Crippen molar-refractivity contribution in [2.24, 2.45) is 0 Å². The monoisotopic (exact) mass is 546 g/mol. The van der Waals surface area contributed by atoms with Crippen LogP contribution in [-0.4, -0.2) is 0 Å². The fourth-order valence-electron chi connectivity index (χ4n) is 4.89. The van der Waals surface area contributed by atoms with Crippen molar-refractivity contribution in [3.63, 3.8) is 0 Å². The summed E-state index contributed by atoms with van der Waals surface area (Å²) in [5, 5.41) is 0. The molecular formula is C42H42. The second-order valence-electron chi connectivity index (χ2n) is 11.1. The molecule has 0 radical (unpaired) electrons. The lowest BCUT2D eigenvalue weighted by Crippen LogP contribution is -1.85. The van der Waals surface area contributed by atoms with E-state index in [4.69, 9.17) is 0 Å². The van der Waals surface area contributed by atoms with E-state index in [2.05, 4.69) is 187 Å². The zero-order chi connectivity index (χ0) is 29.9. The molecule has 0 amide bonds. The summed E-state index contributed by atoms with van der Waals surface area (Å²) in [6.07, 6.45) is 0. The Labute approximate surface area is 253 Å². The maximum absolute atomic E-state index is 2.22. The molecular weight excluding hydrogens is 504 g/mol. The van der Waals surface area contributed by atoms with Crippen LogP contribution in [0.4, 0.5) is 0 Å². The van der Waals surface area contributed by atoms with Gasteiger partial charge in [-0.15, -0.1) is 0 Å². The van der Waals surface area contributed by atoms with Gasteiger partial charge in [0.15, 0.2) is 0 Å². The minimum atomic E-state index is 1.29. The minimum absolute atomic E-state index is 1.29. The third-order valence-corrected chi connectivity index (χ3v) is 7.39. The Bertz CT molecular complexity index is 1570. The Kier molecular flexibility index (Phi) is 10.7. The van der Waals surface area contributed by atoms with E-state index < -0.39 is 0 Å². The molecule has 0 unspecified atom stereocenters. The van der Waals surface area contributed by atoms with Gasteiger partial charge in [-0.1, -0.05) is 168 Å². The highest BCUT2D eigenvalue weighted by Crippen LogP contribution is 2.26. The Morgan fingerprint density at radius 3 is 0.952 bits per heavy atom. The average molecular weight is 547 g/mol. The van der Waals surface area contributed by atoms with Crippen LogP contribution < -0.4 is 0 Å². The normalized spacial score (nSPS) is 10.1. The molecule has 0 aliphatic rings. The summed E-state index contributed by atoms with van der Waals surface area (Å²) in [6, 6.07) is 51.5. The zero-order valence-corrected chi connectivity index (χ0v) is 25.9. The largest absolute Gasteiger partial charge is 0.0620 e. The van der Waals surface area contributed by atoms with Crippen LogP contribution in [0.3, 0.4) is 0 Å². The van der Waals surface area contributed by atoms with E-state index in [1.165, 1.54) is 66.8 Å². The van der Waals surface area contributed by atoms with E-state index in [9.17, 15) is 0 Å². The van der Waals surface area contributed by atoms with E-state index in [-0.39, 0.29) is 0 Å². The van der Waals surface area contributed by atoms with Crippen molar-refractivity contribution in [2.45, 2.75) is 41.5 Å². The number of hydrogen-bond donors (Lipinski definition) is 0. The van der Waals surface area contributed by atoms with E-state index in [0.29, 0.717) is 0 Å². The molecule has 6 aromatic rings. The second-order valence-corrected chi connectivity index (χ2v) is 11.1. The van der Waals surface area contributed by atoms with Crippen molar-refractivity contribution in [2.75, 3.05) is 0 Å². The highest BCUT2D eigenvalue weighted by atomic mass is 14.1. The molecule has 0 N–H and O–H groups in total. The summed E-state index contributed by atoms with van der Waals surface area (Å²) in [6.45, 7) is 12.8. The van der Waals surface area contributed by atoms with Crippen LogP contribution in [0.15, 0.2) is 146 Å². The Hall–Kier alpha value is -4.68. The van der Waals surface area contributed by atoms with Gasteiger partial charge in [-0.05, 0) is 86.1 Å². The van der Waals surface area contributed by atoms with Crippen LogP contribution in [0.25, 0.3) is 33.4 Å². The predicted octanol–water partition coefficient (Wildman–Crippen LogP) is 11.9. The molecule has 0 fully saturated rings. The molecule has 0 nitrogen and oxygen atoms in total. The molecule has 210 valence electrons. The van der Waals surface area contributed by atoms with Gasteiger partial charge in [0.25, 0.3) is 0 Å². The zero-order valence-electron chi connectivity index (χ0n) is 25.9. The van der Waals surface area contributed by atoms with Crippen molar-refractivity contribution < 1.29 is 0 Å². The molecule has 6 aromatic carbocycles. The van der Waals surface area contributed by atoms with E-state index in [0.717, 1.165) is 0 Å². The molecule has 0 aliphatic carbocycles. The Morgan fingerprint density at radius 1 is 0.262 bits per heavy atom. The third kappa shape index (κ3) is 8.66. The first-order valence-electron chi connectivity index (χ1n) is 14.7. The van der Waals surface area contributed by atoms with Crippen LogP contribution in [-0.2, 0) is 0 Å². The molecule has 0 bridgehead atoms. The van der Waals surface area contributed by atoms with Gasteiger partial charge in [-0.2, -0.15) is 0 Å². The molecule has 0 spiro atoms. The highest BCUT2D eigenvalue weighted by molar-refractivity contribution is 5.70. The lowest BCUT2D eigenvalue weighted by Gasteiger charge is -2.08. The lowest BCUT2D eigenvalue weighted by atomic mass is 9.97. The maximum Gasteiger partial charge on any atom is -0.0152 e. The number of rotatable bonds is 3. The maximum atomic E-state index is 2.22. The number of aryl methyl sites for hydroxylation is 6. The fraction of sp³-hybridized carbons (Fsp3) is 0.143. The highest BCUT2D eigenvalue weighted by Gasteiger charge is 2.02. The van der Waals surface area contributed by atoms with Gasteiger partial charge < -0.3 is 0 Å². The first kappa shape index (κ1) is 30.3. The standard InChI is InChI=1S/3C14H14/c1-11-3-7-13(8-4-11)14-9-5-12(2)6-10-14;1-11-5-3-7-13(9-11)14-8-4-6-12(2)10-14;1-11-7-3-5-9-13(11)14-10-6-4-8-12(14)2/h3*3-10H,1-2H3. The molecule has 0 aromatic heterocycles. The van der Waals surface area contributed by atoms with Gasteiger partial charge in [0.2, 0.25) is 0 Å². The first-order valence-corrected chi connectivity index (χ1v) is 14.7. The topological polar surface area (TPSA) is 0 Å². The van der Waals surface area contributed by atoms with Crippen molar-refractivity contribution in [1.29, 1.82) is 0 Å². The molecule has 0 atom stereocenters. The van der Waals surface area contributed by atoms with Crippen molar-refractivity contribution >= 4 is 0 Å². The van der Waals surface area contributed by atoms with Crippen LogP contribution in [0.5, 0.6) is 0 Å². The summed E-state index contributed by atoms with van der Waals surface area (Å²) in [5.74, 6) is 0. The molecule has 0 saturated carbocycles. The summed E-state index contributed by atoms with van der Waals surface area (Å²) in [4.78, 5) is 0. The summed E-state index contributed by atoms with van der Waals surface area (Å²) >= 11 is 0. The Balaban J connectivity index is 0.000000145. The van der Waals surface area contributed by atoms with E-state index >= 15 is 0 Å². The lowest BCUT2D eigenvalue weighted by molar-refractivity contribution is 1.41. The molecule has 6 rings (SSSR count). The van der Waals surface area contributed by atoms with Gasteiger partial charge in [0, 0.05) is 0 Å². The Morgan fingerprint density at radius 2 is 0.619 bits per heavy atom. The SMILES string of the molecule is Cc1ccc(-c2ccc(C)cc2)cc1.Cc1cccc(-c2cccc(C)c2)c1.Cc1ccccc1-c1ccccc1C. The van der Waals surface area contributed by atoms with Gasteiger partial charge in [-0.3, -0.25) is 0 Å². The third-order valence-electron chi connectivity index (χ3n) is 7.39. The van der Waals surface area contributed by atoms with Crippen LogP contribution in [0.2, 0.25) is 0 Å². The minimum Gasteiger partial charge on any atom is -0.0620 e. The molecule has 0 saturated heterocycles. The van der Waals surface area contributed by atoms with Gasteiger partial charge in [0.1, 0.15) is 0 Å². The predicted molar refractivity (Wildman–Crippen MR) is 184 cm³/mol. The smallest absolute Gasteiger partial charge is 0.0152 e.